The summed E-state index contributed by atoms with van der Waals surface area (Å²) in [4.78, 5) is 4.34. The van der Waals surface area contributed by atoms with Crippen LogP contribution in [0.1, 0.15) is 45.1 Å². The van der Waals surface area contributed by atoms with Crippen LogP contribution in [-0.2, 0) is 6.54 Å². The van der Waals surface area contributed by atoms with Crippen molar-refractivity contribution in [3.05, 3.63) is 42.2 Å². The van der Waals surface area contributed by atoms with Crippen LogP contribution >= 0.6 is 0 Å². The van der Waals surface area contributed by atoms with Crippen molar-refractivity contribution in [3.63, 3.8) is 0 Å². The van der Waals surface area contributed by atoms with Crippen LogP contribution in [0.3, 0.4) is 0 Å². The van der Waals surface area contributed by atoms with Crippen molar-refractivity contribution in [2.45, 2.75) is 51.7 Å². The monoisotopic (exact) mass is 297 g/mol. The van der Waals surface area contributed by atoms with E-state index in [1.54, 1.807) is 24.9 Å². The van der Waals surface area contributed by atoms with E-state index in [1.165, 1.54) is 36.8 Å². The molecule has 0 fully saturated rings. The second kappa shape index (κ2) is 6.05. The Morgan fingerprint density at radius 3 is 2.50 bits per heavy atom. The van der Waals surface area contributed by atoms with Gasteiger partial charge in [0.25, 0.3) is 0 Å². The normalized spacial score (nSPS) is 15.7. The van der Waals surface area contributed by atoms with Crippen molar-refractivity contribution in [2.24, 2.45) is 0 Å². The Labute approximate surface area is 131 Å². The third-order valence-corrected chi connectivity index (χ3v) is 3.89. The minimum absolute atomic E-state index is 0.435. The van der Waals surface area contributed by atoms with Crippen LogP contribution in [0, 0.1) is 0 Å². The predicted molar refractivity (Wildman–Crippen MR) is 88.2 cm³/mol. The highest BCUT2D eigenvalue weighted by molar-refractivity contribution is 5.68. The number of allylic oxidation sites excluding steroid dienone is 2. The van der Waals surface area contributed by atoms with Gasteiger partial charge in [-0.2, -0.15) is 5.10 Å². The molecule has 1 aliphatic rings. The lowest BCUT2D eigenvalue weighted by Crippen LogP contribution is -2.26. The van der Waals surface area contributed by atoms with Gasteiger partial charge in [-0.25, -0.2) is 9.67 Å². The molecule has 0 bridgehead atoms. The molecule has 3 rings (SSSR count). The molecule has 0 spiro atoms. The molecular formula is C18H23N3O. The molecule has 0 saturated carbocycles. The molecule has 0 unspecified atom stereocenters. The summed E-state index contributed by atoms with van der Waals surface area (Å²) in [5.74, 6) is 0.702. The Balaban J connectivity index is 1.77. The molecule has 0 saturated heterocycles. The van der Waals surface area contributed by atoms with Gasteiger partial charge in [-0.15, -0.1) is 0 Å². The number of nitrogens with zero attached hydrogens (tertiary/aromatic N) is 3. The van der Waals surface area contributed by atoms with Gasteiger partial charge >= 0.3 is 0 Å². The van der Waals surface area contributed by atoms with Gasteiger partial charge in [0.05, 0.1) is 12.1 Å². The van der Waals surface area contributed by atoms with E-state index in [1.807, 2.05) is 0 Å². The summed E-state index contributed by atoms with van der Waals surface area (Å²) in [6, 6.07) is 8.47. The summed E-state index contributed by atoms with van der Waals surface area (Å²) in [6.45, 7) is 3.97. The Morgan fingerprint density at radius 1 is 1.14 bits per heavy atom. The lowest BCUT2D eigenvalue weighted by atomic mass is 9.93. The van der Waals surface area contributed by atoms with Gasteiger partial charge < -0.3 is 5.11 Å². The quantitative estimate of drug-likeness (QED) is 0.936. The van der Waals surface area contributed by atoms with Gasteiger partial charge in [0.2, 0.25) is 0 Å². The fourth-order valence-corrected chi connectivity index (χ4v) is 2.83. The number of hydrogen-bond donors (Lipinski definition) is 1. The van der Waals surface area contributed by atoms with Gasteiger partial charge in [0, 0.05) is 5.56 Å². The maximum Gasteiger partial charge on any atom is 0.181 e. The Bertz CT molecular complexity index is 662. The largest absolute Gasteiger partial charge is 0.389 e. The van der Waals surface area contributed by atoms with Crippen LogP contribution < -0.4 is 0 Å². The molecule has 0 atom stereocenters. The topological polar surface area (TPSA) is 50.9 Å². The van der Waals surface area contributed by atoms with Crippen molar-refractivity contribution in [1.82, 2.24) is 14.8 Å². The molecule has 4 heteroatoms. The molecule has 116 valence electrons. The smallest absolute Gasteiger partial charge is 0.181 e. The van der Waals surface area contributed by atoms with E-state index in [9.17, 15) is 5.11 Å². The van der Waals surface area contributed by atoms with E-state index in [-0.39, 0.29) is 0 Å². The highest BCUT2D eigenvalue weighted by Gasteiger charge is 2.15. The minimum Gasteiger partial charge on any atom is -0.389 e. The van der Waals surface area contributed by atoms with Crippen molar-refractivity contribution >= 4 is 5.57 Å². The minimum atomic E-state index is -0.789. The highest BCUT2D eigenvalue weighted by atomic mass is 16.3. The standard InChI is InChI=1S/C18H23N3O/c1-18(2,22)12-21-13-19-17(20-21)16-10-8-15(9-11-16)14-6-4-3-5-7-14/h6,8-11,13,22H,3-5,7,12H2,1-2H3. The molecule has 22 heavy (non-hydrogen) atoms. The average molecular weight is 297 g/mol. The van der Waals surface area contributed by atoms with E-state index in [4.69, 9.17) is 0 Å². The first-order valence-corrected chi connectivity index (χ1v) is 7.93. The molecule has 2 aromatic rings. The fourth-order valence-electron chi connectivity index (χ4n) is 2.83. The lowest BCUT2D eigenvalue weighted by molar-refractivity contribution is 0.0577. The highest BCUT2D eigenvalue weighted by Crippen LogP contribution is 2.28. The molecule has 1 N–H and O–H groups in total. The summed E-state index contributed by atoms with van der Waals surface area (Å²) in [5.41, 5.74) is 2.98. The zero-order valence-corrected chi connectivity index (χ0v) is 13.3. The van der Waals surface area contributed by atoms with E-state index < -0.39 is 5.60 Å². The maximum atomic E-state index is 9.84. The number of benzene rings is 1. The number of aliphatic hydroxyl groups is 1. The SMILES string of the molecule is CC(C)(O)Cn1cnc(-c2ccc(C3=CCCCC3)cc2)n1. The first-order valence-electron chi connectivity index (χ1n) is 7.93. The summed E-state index contributed by atoms with van der Waals surface area (Å²) in [7, 11) is 0. The van der Waals surface area contributed by atoms with Gasteiger partial charge in [0.1, 0.15) is 6.33 Å². The molecule has 4 nitrogen and oxygen atoms in total. The summed E-state index contributed by atoms with van der Waals surface area (Å²) in [6.07, 6.45) is 9.00. The van der Waals surface area contributed by atoms with Crippen LogP contribution in [0.25, 0.3) is 17.0 Å². The van der Waals surface area contributed by atoms with Crippen molar-refractivity contribution < 1.29 is 5.11 Å². The van der Waals surface area contributed by atoms with Crippen LogP contribution in [-0.4, -0.2) is 25.5 Å². The lowest BCUT2D eigenvalue weighted by Gasteiger charge is -2.15. The van der Waals surface area contributed by atoms with E-state index in [0.29, 0.717) is 12.4 Å². The molecule has 1 aliphatic carbocycles. The zero-order valence-electron chi connectivity index (χ0n) is 13.3. The molecule has 0 aliphatic heterocycles. The average Bonchev–Trinajstić information content (AvgIpc) is 2.95. The maximum absolute atomic E-state index is 9.84. The van der Waals surface area contributed by atoms with E-state index in [0.717, 1.165) is 5.56 Å². The number of rotatable bonds is 4. The Kier molecular flexibility index (Phi) is 4.12. The van der Waals surface area contributed by atoms with Gasteiger partial charge in [0.15, 0.2) is 5.82 Å². The van der Waals surface area contributed by atoms with Gasteiger partial charge in [-0.05, 0) is 50.7 Å². The molecular weight excluding hydrogens is 274 g/mol. The fraction of sp³-hybridized carbons (Fsp3) is 0.444. The second-order valence-electron chi connectivity index (χ2n) is 6.63. The molecule has 1 aromatic heterocycles. The zero-order chi connectivity index (χ0) is 15.6. The Hall–Kier alpha value is -1.94. The van der Waals surface area contributed by atoms with Crippen LogP contribution in [0.4, 0.5) is 0 Å². The van der Waals surface area contributed by atoms with Crippen molar-refractivity contribution in [3.8, 4) is 11.4 Å². The van der Waals surface area contributed by atoms with Crippen LogP contribution in [0.15, 0.2) is 36.7 Å². The molecule has 1 heterocycles. The first kappa shape index (κ1) is 15.0. The van der Waals surface area contributed by atoms with E-state index in [2.05, 4.69) is 40.4 Å². The van der Waals surface area contributed by atoms with Crippen molar-refractivity contribution in [1.29, 1.82) is 0 Å². The van der Waals surface area contributed by atoms with Crippen LogP contribution in [0.2, 0.25) is 0 Å². The number of hydrogen-bond acceptors (Lipinski definition) is 3. The third kappa shape index (κ3) is 3.63. The molecule has 1 aromatic carbocycles. The summed E-state index contributed by atoms with van der Waals surface area (Å²) >= 11 is 0. The van der Waals surface area contributed by atoms with E-state index >= 15 is 0 Å². The van der Waals surface area contributed by atoms with Gasteiger partial charge in [-0.3, -0.25) is 0 Å². The first-order chi connectivity index (χ1) is 10.5. The predicted octanol–water partition coefficient (Wildman–Crippen LogP) is 3.67. The Morgan fingerprint density at radius 2 is 1.86 bits per heavy atom. The van der Waals surface area contributed by atoms with Crippen molar-refractivity contribution in [2.75, 3.05) is 0 Å². The second-order valence-corrected chi connectivity index (χ2v) is 6.63. The summed E-state index contributed by atoms with van der Waals surface area (Å²) < 4.78 is 1.69. The third-order valence-electron chi connectivity index (χ3n) is 3.89. The van der Waals surface area contributed by atoms with Gasteiger partial charge in [-0.1, -0.05) is 30.3 Å². The molecule has 0 amide bonds. The van der Waals surface area contributed by atoms with Crippen LogP contribution in [0.5, 0.6) is 0 Å². The summed E-state index contributed by atoms with van der Waals surface area (Å²) in [5, 5.41) is 14.3. The molecule has 0 radical (unpaired) electrons. The number of aromatic nitrogens is 3.